The Labute approximate surface area is 173 Å². The fourth-order valence-corrected chi connectivity index (χ4v) is 5.68. The van der Waals surface area contributed by atoms with Crippen molar-refractivity contribution in [3.05, 3.63) is 32.9 Å². The molecule has 1 fully saturated rings. The predicted molar refractivity (Wildman–Crippen MR) is 114 cm³/mol. The minimum Gasteiger partial charge on any atom is -0.324 e. The third kappa shape index (κ3) is 3.06. The highest BCUT2D eigenvalue weighted by molar-refractivity contribution is 9.10. The zero-order chi connectivity index (χ0) is 19.3. The van der Waals surface area contributed by atoms with Crippen molar-refractivity contribution in [3.8, 4) is 0 Å². The van der Waals surface area contributed by atoms with E-state index in [2.05, 4.69) is 39.4 Å². The maximum absolute atomic E-state index is 12.7. The van der Waals surface area contributed by atoms with E-state index in [9.17, 15) is 4.79 Å². The number of aromatic nitrogens is 1. The molecule has 0 radical (unpaired) electrons. The summed E-state index contributed by atoms with van der Waals surface area (Å²) in [5.74, 6) is 0.499. The highest BCUT2D eigenvalue weighted by Gasteiger charge is 2.38. The number of hydrogen-bond acceptors (Lipinski definition) is 2. The first-order valence-electron chi connectivity index (χ1n) is 9.74. The molecule has 0 spiro atoms. The van der Waals surface area contributed by atoms with Crippen LogP contribution in [0.5, 0.6) is 0 Å². The van der Waals surface area contributed by atoms with Gasteiger partial charge in [-0.25, -0.2) is 14.9 Å². The lowest BCUT2D eigenvalue weighted by Crippen LogP contribution is -2.44. The minimum absolute atomic E-state index is 0.0977. The van der Waals surface area contributed by atoms with Crippen LogP contribution in [-0.2, 0) is 6.42 Å². The molecule has 2 aromatic rings. The molecule has 0 saturated carbocycles. The van der Waals surface area contributed by atoms with Crippen LogP contribution in [0, 0.1) is 0 Å². The van der Waals surface area contributed by atoms with Gasteiger partial charge >= 0.3 is 6.03 Å². The molecule has 1 aliphatic heterocycles. The Morgan fingerprint density at radius 3 is 2.81 bits per heavy atom. The lowest BCUT2D eigenvalue weighted by Gasteiger charge is -2.42. The Balaban J connectivity index is 1.85. The number of rotatable bonds is 3. The molecule has 0 bridgehead atoms. The molecule has 1 saturated heterocycles. The maximum Gasteiger partial charge on any atom is 0.336 e. The molecule has 2 aliphatic rings. The van der Waals surface area contributed by atoms with Gasteiger partial charge in [0.05, 0.1) is 5.52 Å². The number of urea groups is 1. The number of likely N-dealkylation sites (N-methyl/N-ethyl adjacent to an activating group) is 1. The van der Waals surface area contributed by atoms with E-state index in [0.717, 1.165) is 28.1 Å². The van der Waals surface area contributed by atoms with Crippen LogP contribution in [0.25, 0.3) is 10.9 Å². The lowest BCUT2D eigenvalue weighted by molar-refractivity contribution is 0.157. The van der Waals surface area contributed by atoms with E-state index >= 15 is 0 Å². The predicted octanol–water partition coefficient (Wildman–Crippen LogP) is 4.80. The Morgan fingerprint density at radius 1 is 1.37 bits per heavy atom. The quantitative estimate of drug-likeness (QED) is 0.725. The van der Waals surface area contributed by atoms with Crippen LogP contribution >= 0.6 is 27.5 Å². The van der Waals surface area contributed by atoms with Gasteiger partial charge in [0.2, 0.25) is 0 Å². The SMILES string of the molecule is CCN(CC)C(=O)Nn1c(Br)c2c3c(cc(Cl)cc31)[C@H]1CCCN(C)[C@@H]1C2. The Hall–Kier alpha value is -1.24. The fourth-order valence-electron chi connectivity index (χ4n) is 4.82. The van der Waals surface area contributed by atoms with Gasteiger partial charge in [0.25, 0.3) is 0 Å². The molecule has 27 heavy (non-hydrogen) atoms. The highest BCUT2D eigenvalue weighted by Crippen LogP contribution is 2.47. The molecule has 146 valence electrons. The van der Waals surface area contributed by atoms with Crippen molar-refractivity contribution in [3.63, 3.8) is 0 Å². The van der Waals surface area contributed by atoms with Crippen LogP contribution in [0.3, 0.4) is 0 Å². The zero-order valence-corrected chi connectivity index (χ0v) is 18.4. The molecule has 4 rings (SSSR count). The minimum atomic E-state index is -0.0977. The molecule has 1 aromatic carbocycles. The number of nitrogens with zero attached hydrogens (tertiary/aromatic N) is 3. The van der Waals surface area contributed by atoms with Crippen LogP contribution in [-0.4, -0.2) is 53.2 Å². The molecule has 1 aliphatic carbocycles. The number of benzene rings is 1. The number of likely N-dealkylation sites (tertiary alicyclic amines) is 1. The van der Waals surface area contributed by atoms with Crippen molar-refractivity contribution in [1.29, 1.82) is 0 Å². The average molecular weight is 454 g/mol. The van der Waals surface area contributed by atoms with Crippen LogP contribution in [0.4, 0.5) is 4.79 Å². The summed E-state index contributed by atoms with van der Waals surface area (Å²) in [5, 5.41) is 1.98. The van der Waals surface area contributed by atoms with E-state index in [4.69, 9.17) is 11.6 Å². The molecule has 2 atom stereocenters. The molecule has 1 N–H and O–H groups in total. The van der Waals surface area contributed by atoms with Crippen molar-refractivity contribution in [2.45, 2.75) is 45.1 Å². The molecular formula is C20H26BrClN4O. The molecular weight excluding hydrogens is 428 g/mol. The van der Waals surface area contributed by atoms with E-state index in [1.54, 1.807) is 4.90 Å². The first-order chi connectivity index (χ1) is 13.0. The van der Waals surface area contributed by atoms with Gasteiger partial charge in [-0.2, -0.15) is 0 Å². The van der Waals surface area contributed by atoms with Crippen LogP contribution < -0.4 is 5.43 Å². The largest absolute Gasteiger partial charge is 0.336 e. The summed E-state index contributed by atoms with van der Waals surface area (Å²) in [4.78, 5) is 16.9. The lowest BCUT2D eigenvalue weighted by atomic mass is 9.75. The topological polar surface area (TPSA) is 40.5 Å². The van der Waals surface area contributed by atoms with Gasteiger partial charge in [0.15, 0.2) is 0 Å². The summed E-state index contributed by atoms with van der Waals surface area (Å²) in [6.45, 7) is 6.46. The Morgan fingerprint density at radius 2 is 2.11 bits per heavy atom. The van der Waals surface area contributed by atoms with E-state index in [1.807, 2.05) is 24.6 Å². The maximum atomic E-state index is 12.7. The summed E-state index contributed by atoms with van der Waals surface area (Å²) >= 11 is 10.3. The number of carbonyl (C=O) groups is 1. The molecule has 5 nitrogen and oxygen atoms in total. The molecule has 1 aromatic heterocycles. The second-order valence-electron chi connectivity index (χ2n) is 7.58. The van der Waals surface area contributed by atoms with Gasteiger partial charge in [-0.15, -0.1) is 0 Å². The number of piperidine rings is 1. The molecule has 0 unspecified atom stereocenters. The van der Waals surface area contributed by atoms with Crippen LogP contribution in [0.2, 0.25) is 5.02 Å². The van der Waals surface area contributed by atoms with Gasteiger partial charge in [-0.05, 0) is 85.9 Å². The van der Waals surface area contributed by atoms with E-state index in [0.29, 0.717) is 25.0 Å². The van der Waals surface area contributed by atoms with Gasteiger partial charge < -0.3 is 9.80 Å². The van der Waals surface area contributed by atoms with Crippen molar-refractivity contribution in [2.24, 2.45) is 0 Å². The van der Waals surface area contributed by atoms with E-state index in [-0.39, 0.29) is 6.03 Å². The third-order valence-corrected chi connectivity index (χ3v) is 7.28. The highest BCUT2D eigenvalue weighted by atomic mass is 79.9. The zero-order valence-electron chi connectivity index (χ0n) is 16.1. The second-order valence-corrected chi connectivity index (χ2v) is 8.77. The van der Waals surface area contributed by atoms with Gasteiger partial charge in [-0.1, -0.05) is 11.6 Å². The normalized spacial score (nSPS) is 22.0. The van der Waals surface area contributed by atoms with Crippen LogP contribution in [0.15, 0.2) is 16.7 Å². The third-order valence-electron chi connectivity index (χ3n) is 6.23. The van der Waals surface area contributed by atoms with Crippen molar-refractivity contribution in [2.75, 3.05) is 32.1 Å². The van der Waals surface area contributed by atoms with Crippen molar-refractivity contribution >= 4 is 44.5 Å². The summed E-state index contributed by atoms with van der Waals surface area (Å²) in [7, 11) is 2.22. The Kier molecular flexibility index (Phi) is 5.16. The number of amides is 2. The van der Waals surface area contributed by atoms with Crippen molar-refractivity contribution in [1.82, 2.24) is 14.5 Å². The molecule has 2 amide bonds. The molecule has 7 heteroatoms. The summed E-state index contributed by atoms with van der Waals surface area (Å²) in [6, 6.07) is 4.48. The first kappa shape index (κ1) is 19.1. The van der Waals surface area contributed by atoms with Crippen molar-refractivity contribution < 1.29 is 4.79 Å². The summed E-state index contributed by atoms with van der Waals surface area (Å²) in [5.41, 5.74) is 6.64. The summed E-state index contributed by atoms with van der Waals surface area (Å²) < 4.78 is 2.80. The standard InChI is InChI=1S/C20H26BrClN4O/c1-4-25(5-2)20(27)23-26-17-10-12(22)9-14-13-7-6-8-24(3)16(13)11-15(18(14)17)19(26)21/h9-10,13,16H,4-8,11H2,1-3H3,(H,23,27)/t13-,16-/m1/s1. The van der Waals surface area contributed by atoms with Crippen LogP contribution in [0.1, 0.15) is 43.7 Å². The Bertz CT molecular complexity index is 892. The monoisotopic (exact) mass is 452 g/mol. The first-order valence-corrected chi connectivity index (χ1v) is 10.9. The number of halogens is 2. The average Bonchev–Trinajstić information content (AvgIpc) is 2.90. The summed E-state index contributed by atoms with van der Waals surface area (Å²) in [6.07, 6.45) is 3.39. The fraction of sp³-hybridized carbons (Fsp3) is 0.550. The number of carbonyl (C=O) groups excluding carboxylic acids is 1. The van der Waals surface area contributed by atoms with E-state index < -0.39 is 0 Å². The van der Waals surface area contributed by atoms with Gasteiger partial charge in [0.1, 0.15) is 4.60 Å². The van der Waals surface area contributed by atoms with E-state index in [1.165, 1.54) is 29.4 Å². The number of fused-ring (bicyclic) bond motifs is 2. The number of hydrogen-bond donors (Lipinski definition) is 1. The van der Waals surface area contributed by atoms with Gasteiger partial charge in [-0.3, -0.25) is 0 Å². The smallest absolute Gasteiger partial charge is 0.324 e. The molecule has 2 heterocycles. The second kappa shape index (κ2) is 7.30. The number of nitrogens with one attached hydrogen (secondary N) is 1. The van der Waals surface area contributed by atoms with Gasteiger partial charge in [0, 0.05) is 35.5 Å².